The number of hydrogen-bond donors (Lipinski definition) is 2. The van der Waals surface area contributed by atoms with Crippen LogP contribution in [0.5, 0.6) is 0 Å². The zero-order valence-electron chi connectivity index (χ0n) is 16.5. The molecule has 2 aromatic rings. The summed E-state index contributed by atoms with van der Waals surface area (Å²) >= 11 is 0. The Labute approximate surface area is 171 Å². The molecule has 1 amide bonds. The second-order valence-electron chi connectivity index (χ2n) is 7.95. The first-order valence-electron chi connectivity index (χ1n) is 10.4. The molecule has 0 bridgehead atoms. The maximum atomic E-state index is 12.9. The Morgan fingerprint density at radius 1 is 1.21 bits per heavy atom. The Morgan fingerprint density at radius 2 is 1.97 bits per heavy atom. The van der Waals surface area contributed by atoms with Crippen LogP contribution in [-0.4, -0.2) is 47.2 Å². The van der Waals surface area contributed by atoms with Crippen LogP contribution in [0.3, 0.4) is 0 Å². The Hall–Kier alpha value is -2.13. The fourth-order valence-corrected chi connectivity index (χ4v) is 6.40. The molecule has 1 aliphatic heterocycles. The molecule has 0 radical (unpaired) electrons. The van der Waals surface area contributed by atoms with Crippen LogP contribution < -0.4 is 5.32 Å². The number of aromatic nitrogens is 2. The number of furan rings is 1. The van der Waals surface area contributed by atoms with Gasteiger partial charge in [-0.25, -0.2) is 12.7 Å². The zero-order valence-corrected chi connectivity index (χ0v) is 17.3. The molecule has 29 heavy (non-hydrogen) atoms. The van der Waals surface area contributed by atoms with Crippen LogP contribution in [-0.2, 0) is 16.6 Å². The lowest BCUT2D eigenvalue weighted by atomic mass is 9.94. The van der Waals surface area contributed by atoms with Crippen molar-refractivity contribution < 1.29 is 17.6 Å². The van der Waals surface area contributed by atoms with Crippen molar-refractivity contribution in [1.29, 1.82) is 0 Å². The van der Waals surface area contributed by atoms with E-state index >= 15 is 0 Å². The third-order valence-electron chi connectivity index (χ3n) is 6.06. The molecule has 0 unspecified atom stereocenters. The second kappa shape index (κ2) is 8.71. The van der Waals surface area contributed by atoms with Crippen molar-refractivity contribution in [3.63, 3.8) is 0 Å². The van der Waals surface area contributed by atoms with E-state index in [0.29, 0.717) is 31.1 Å². The number of sulfonamides is 1. The molecule has 0 aromatic carbocycles. The van der Waals surface area contributed by atoms with E-state index in [4.69, 9.17) is 4.42 Å². The van der Waals surface area contributed by atoms with E-state index < -0.39 is 10.0 Å². The summed E-state index contributed by atoms with van der Waals surface area (Å²) in [5.74, 6) is 0.605. The van der Waals surface area contributed by atoms with Crippen molar-refractivity contribution >= 4 is 15.9 Å². The highest BCUT2D eigenvalue weighted by Gasteiger charge is 2.35. The Morgan fingerprint density at radius 3 is 2.66 bits per heavy atom. The predicted molar refractivity (Wildman–Crippen MR) is 108 cm³/mol. The average Bonchev–Trinajstić information content (AvgIpc) is 3.45. The van der Waals surface area contributed by atoms with Crippen LogP contribution in [0.4, 0.5) is 0 Å². The lowest BCUT2D eigenvalue weighted by Gasteiger charge is -2.34. The SMILES string of the molecule is O=C(NCc1ccco1)c1cc(C2CCN(S(=O)(=O)C3CCCCC3)CC2)[nH]n1. The summed E-state index contributed by atoms with van der Waals surface area (Å²) < 4.78 is 32.7. The molecular weight excluding hydrogens is 392 g/mol. The molecule has 8 nitrogen and oxygen atoms in total. The topological polar surface area (TPSA) is 108 Å². The van der Waals surface area contributed by atoms with Crippen molar-refractivity contribution in [2.45, 2.75) is 62.7 Å². The highest BCUT2D eigenvalue weighted by Crippen LogP contribution is 2.32. The normalized spacial score (nSPS) is 20.0. The average molecular weight is 421 g/mol. The monoisotopic (exact) mass is 420 g/mol. The van der Waals surface area contributed by atoms with Crippen LogP contribution in [0.25, 0.3) is 0 Å². The number of hydrogen-bond acceptors (Lipinski definition) is 5. The van der Waals surface area contributed by atoms with Gasteiger partial charge in [0.25, 0.3) is 5.91 Å². The number of piperidine rings is 1. The fraction of sp³-hybridized carbons (Fsp3) is 0.600. The van der Waals surface area contributed by atoms with E-state index in [0.717, 1.165) is 50.6 Å². The summed E-state index contributed by atoms with van der Waals surface area (Å²) in [5, 5.41) is 9.67. The predicted octanol–water partition coefficient (Wildman–Crippen LogP) is 2.77. The number of nitrogens with zero attached hydrogens (tertiary/aromatic N) is 2. The number of nitrogens with one attached hydrogen (secondary N) is 2. The summed E-state index contributed by atoms with van der Waals surface area (Å²) in [5.41, 5.74) is 1.23. The number of carbonyl (C=O) groups excluding carboxylic acids is 1. The van der Waals surface area contributed by atoms with E-state index in [1.807, 2.05) is 0 Å². The van der Waals surface area contributed by atoms with E-state index in [9.17, 15) is 13.2 Å². The molecule has 1 saturated carbocycles. The standard InChI is InChI=1S/C20H28N4O4S/c25-20(21-14-16-5-4-12-28-16)19-13-18(22-23-19)15-8-10-24(11-9-15)29(26,27)17-6-2-1-3-7-17/h4-5,12-13,15,17H,1-3,6-11,14H2,(H,21,25)(H,22,23). The largest absolute Gasteiger partial charge is 0.467 e. The van der Waals surface area contributed by atoms with Gasteiger partial charge in [0, 0.05) is 24.7 Å². The minimum atomic E-state index is -3.19. The van der Waals surface area contributed by atoms with Crippen LogP contribution in [0.15, 0.2) is 28.9 Å². The van der Waals surface area contributed by atoms with Crippen molar-refractivity contribution in [3.05, 3.63) is 41.6 Å². The molecule has 3 heterocycles. The first kappa shape index (κ1) is 20.2. The maximum absolute atomic E-state index is 12.9. The smallest absolute Gasteiger partial charge is 0.272 e. The molecule has 1 aliphatic carbocycles. The molecule has 0 spiro atoms. The second-order valence-corrected chi connectivity index (χ2v) is 10.2. The summed E-state index contributed by atoms with van der Waals surface area (Å²) in [4.78, 5) is 12.3. The number of H-pyrrole nitrogens is 1. The van der Waals surface area contributed by atoms with Gasteiger partial charge in [-0.05, 0) is 43.9 Å². The van der Waals surface area contributed by atoms with Crippen molar-refractivity contribution in [1.82, 2.24) is 19.8 Å². The van der Waals surface area contributed by atoms with Gasteiger partial charge in [0.2, 0.25) is 10.0 Å². The van der Waals surface area contributed by atoms with Gasteiger partial charge in [-0.15, -0.1) is 0 Å². The lowest BCUT2D eigenvalue weighted by molar-refractivity contribution is 0.0943. The molecular formula is C20H28N4O4S. The molecule has 4 rings (SSSR count). The molecule has 9 heteroatoms. The van der Waals surface area contributed by atoms with Crippen molar-refractivity contribution in [2.75, 3.05) is 13.1 Å². The maximum Gasteiger partial charge on any atom is 0.272 e. The van der Waals surface area contributed by atoms with Gasteiger partial charge >= 0.3 is 0 Å². The third kappa shape index (κ3) is 4.56. The zero-order chi connectivity index (χ0) is 20.3. The lowest BCUT2D eigenvalue weighted by Crippen LogP contribution is -2.43. The summed E-state index contributed by atoms with van der Waals surface area (Å²) in [7, 11) is -3.19. The van der Waals surface area contributed by atoms with Crippen molar-refractivity contribution in [3.8, 4) is 0 Å². The minimum absolute atomic E-state index is 0.187. The minimum Gasteiger partial charge on any atom is -0.467 e. The third-order valence-corrected chi connectivity index (χ3v) is 8.46. The molecule has 158 valence electrons. The first-order valence-corrected chi connectivity index (χ1v) is 11.9. The Kier molecular flexibility index (Phi) is 6.05. The van der Waals surface area contributed by atoms with E-state index in [1.54, 1.807) is 28.8 Å². The number of aromatic amines is 1. The Bertz CT molecular complexity index is 908. The Balaban J connectivity index is 1.31. The quantitative estimate of drug-likeness (QED) is 0.747. The van der Waals surface area contributed by atoms with Gasteiger partial charge in [0.1, 0.15) is 11.5 Å². The summed E-state index contributed by atoms with van der Waals surface area (Å²) in [6.07, 6.45) is 7.79. The van der Waals surface area contributed by atoms with Gasteiger partial charge < -0.3 is 9.73 Å². The van der Waals surface area contributed by atoms with E-state index in [1.165, 1.54) is 0 Å². The van der Waals surface area contributed by atoms with Crippen LogP contribution >= 0.6 is 0 Å². The van der Waals surface area contributed by atoms with Crippen molar-refractivity contribution in [2.24, 2.45) is 0 Å². The van der Waals surface area contributed by atoms with Crippen LogP contribution in [0.1, 0.15) is 72.8 Å². The number of carbonyl (C=O) groups is 1. The highest BCUT2D eigenvalue weighted by molar-refractivity contribution is 7.89. The fourth-order valence-electron chi connectivity index (χ4n) is 4.33. The first-order chi connectivity index (χ1) is 14.0. The number of amides is 1. The van der Waals surface area contributed by atoms with Gasteiger partial charge in [-0.2, -0.15) is 5.10 Å². The van der Waals surface area contributed by atoms with Crippen LogP contribution in [0, 0.1) is 0 Å². The van der Waals surface area contributed by atoms with Crippen LogP contribution in [0.2, 0.25) is 0 Å². The van der Waals surface area contributed by atoms with E-state index in [-0.39, 0.29) is 17.1 Å². The molecule has 2 fully saturated rings. The molecule has 1 saturated heterocycles. The van der Waals surface area contributed by atoms with Gasteiger partial charge in [-0.1, -0.05) is 19.3 Å². The van der Waals surface area contributed by atoms with Gasteiger partial charge in [0.05, 0.1) is 18.1 Å². The number of rotatable bonds is 6. The van der Waals surface area contributed by atoms with Gasteiger partial charge in [0.15, 0.2) is 0 Å². The highest BCUT2D eigenvalue weighted by atomic mass is 32.2. The summed E-state index contributed by atoms with van der Waals surface area (Å²) in [6, 6.07) is 5.34. The van der Waals surface area contributed by atoms with E-state index in [2.05, 4.69) is 15.5 Å². The van der Waals surface area contributed by atoms with Gasteiger partial charge in [-0.3, -0.25) is 9.89 Å². The molecule has 0 atom stereocenters. The molecule has 2 aromatic heterocycles. The molecule has 2 N–H and O–H groups in total. The summed E-state index contributed by atoms with van der Waals surface area (Å²) in [6.45, 7) is 1.37. The molecule has 2 aliphatic rings.